The number of aromatic nitrogens is 1. The van der Waals surface area contributed by atoms with E-state index in [1.807, 2.05) is 0 Å². The Hall–Kier alpha value is 0.155. The Morgan fingerprint density at radius 2 is 2.00 bits per heavy atom. The van der Waals surface area contributed by atoms with E-state index in [2.05, 4.69) is 9.40 Å². The topological polar surface area (TPSA) is 98.0 Å². The van der Waals surface area contributed by atoms with Gasteiger partial charge in [-0.25, -0.2) is 4.98 Å². The Bertz CT molecular complexity index is 92.2. The van der Waals surface area contributed by atoms with E-state index in [-0.39, 0.29) is 44.1 Å². The molecule has 1 aromatic heterocycles. The molecule has 10 heavy (non-hydrogen) atoms. The Balaban J connectivity index is -0.0000000379. The van der Waals surface area contributed by atoms with Crippen LogP contribution in [0.3, 0.4) is 0 Å². The van der Waals surface area contributed by atoms with Crippen LogP contribution in [-0.2, 0) is 0 Å². The normalized spacial score (nSPS) is 5.40. The van der Waals surface area contributed by atoms with Crippen molar-refractivity contribution >= 4 is 7.69 Å². The van der Waals surface area contributed by atoms with Gasteiger partial charge in [0.05, 0.1) is 6.20 Å². The molecule has 0 saturated heterocycles. The molecular formula is C3H8BNNaO4. The maximum Gasteiger partial charge on any atom is 1.00 e. The van der Waals surface area contributed by atoms with Crippen LogP contribution in [0.2, 0.25) is 0 Å². The largest absolute Gasteiger partial charge is 1.00 e. The van der Waals surface area contributed by atoms with Crippen molar-refractivity contribution in [2.24, 2.45) is 0 Å². The van der Waals surface area contributed by atoms with Gasteiger partial charge in [-0.1, -0.05) is 0 Å². The molecule has 0 spiro atoms. The first-order valence-electron chi connectivity index (χ1n) is 1.84. The van der Waals surface area contributed by atoms with E-state index >= 15 is 0 Å². The SMILES string of the molecule is O.O[B]O.[H-].[Na+].c1cocn1. The van der Waals surface area contributed by atoms with Crippen molar-refractivity contribution in [2.45, 2.75) is 0 Å². The molecule has 5 nitrogen and oxygen atoms in total. The van der Waals surface area contributed by atoms with Crippen LogP contribution >= 0.6 is 0 Å². The summed E-state index contributed by atoms with van der Waals surface area (Å²) in [7, 11) is 0. The average molecular weight is 156 g/mol. The van der Waals surface area contributed by atoms with Gasteiger partial charge in [-0.2, -0.15) is 0 Å². The number of oxazole rings is 1. The van der Waals surface area contributed by atoms with Crippen molar-refractivity contribution in [1.82, 2.24) is 4.98 Å². The number of rotatable bonds is 0. The van der Waals surface area contributed by atoms with Gasteiger partial charge < -0.3 is 21.4 Å². The van der Waals surface area contributed by atoms with Gasteiger partial charge in [0.2, 0.25) is 0 Å². The van der Waals surface area contributed by atoms with Crippen molar-refractivity contribution in [3.05, 3.63) is 18.9 Å². The van der Waals surface area contributed by atoms with Crippen LogP contribution in [0.15, 0.2) is 23.3 Å². The molecule has 0 aromatic carbocycles. The van der Waals surface area contributed by atoms with Crippen molar-refractivity contribution in [3.63, 3.8) is 0 Å². The van der Waals surface area contributed by atoms with Crippen molar-refractivity contribution in [3.8, 4) is 0 Å². The molecule has 0 fully saturated rings. The van der Waals surface area contributed by atoms with E-state index < -0.39 is 0 Å². The third-order valence-electron chi connectivity index (χ3n) is 0.347. The molecule has 0 amide bonds. The van der Waals surface area contributed by atoms with Crippen LogP contribution in [-0.4, -0.2) is 28.2 Å². The molecule has 0 unspecified atom stereocenters. The minimum atomic E-state index is 0. The predicted octanol–water partition coefficient (Wildman–Crippen LogP) is -4.53. The van der Waals surface area contributed by atoms with Crippen molar-refractivity contribution in [1.29, 1.82) is 0 Å². The van der Waals surface area contributed by atoms with Gasteiger partial charge in [0.25, 0.3) is 0 Å². The smallest absolute Gasteiger partial charge is 1.00 e. The van der Waals surface area contributed by atoms with Gasteiger partial charge in [0.1, 0.15) is 6.26 Å². The molecule has 0 aliphatic carbocycles. The molecular weight excluding hydrogens is 148 g/mol. The molecule has 4 N–H and O–H groups in total. The average Bonchev–Trinajstić information content (AvgIpc) is 2.17. The summed E-state index contributed by atoms with van der Waals surface area (Å²) in [5, 5.41) is 14.0. The van der Waals surface area contributed by atoms with Gasteiger partial charge in [0, 0.05) is 0 Å². The molecule has 1 heterocycles. The predicted molar refractivity (Wildman–Crippen MR) is 31.4 cm³/mol. The van der Waals surface area contributed by atoms with Crippen LogP contribution in [0, 0.1) is 0 Å². The molecule has 0 bridgehead atoms. The molecule has 0 aliphatic rings. The quantitative estimate of drug-likeness (QED) is 0.369. The van der Waals surface area contributed by atoms with Crippen molar-refractivity contribution < 1.29 is 50.9 Å². The van der Waals surface area contributed by atoms with E-state index in [9.17, 15) is 0 Å². The fourth-order valence-corrected chi connectivity index (χ4v) is 0.176. The zero-order chi connectivity index (χ0) is 6.24. The minimum absolute atomic E-state index is 0. The number of hydrogen-bond acceptors (Lipinski definition) is 4. The first-order valence-corrected chi connectivity index (χ1v) is 1.84. The van der Waals surface area contributed by atoms with Gasteiger partial charge in [-0.3, -0.25) is 0 Å². The third-order valence-corrected chi connectivity index (χ3v) is 0.347. The second-order valence-corrected chi connectivity index (χ2v) is 0.791. The van der Waals surface area contributed by atoms with E-state index in [0.717, 1.165) is 0 Å². The fraction of sp³-hybridized carbons (Fsp3) is 0. The van der Waals surface area contributed by atoms with Gasteiger partial charge >= 0.3 is 37.2 Å². The number of nitrogens with zero attached hydrogens (tertiary/aromatic N) is 1. The monoisotopic (exact) mass is 156 g/mol. The molecule has 53 valence electrons. The molecule has 0 atom stereocenters. The zero-order valence-electron chi connectivity index (χ0n) is 6.56. The second-order valence-electron chi connectivity index (χ2n) is 0.791. The standard InChI is InChI=1S/C3H3NO.BH2O2.Na.H2O.H/c1-2-5-3-4-1;2-1-3;;;/h1-3H;2-3H;;1H2;/q;;+1;;-1. The summed E-state index contributed by atoms with van der Waals surface area (Å²) < 4.78 is 4.47. The first-order chi connectivity index (χ1) is 3.91. The van der Waals surface area contributed by atoms with Crippen LogP contribution < -0.4 is 29.6 Å². The minimum Gasteiger partial charge on any atom is -1.00 e. The van der Waals surface area contributed by atoms with Crippen LogP contribution in [0.4, 0.5) is 0 Å². The molecule has 1 aromatic rings. The molecule has 1 radical (unpaired) electrons. The zero-order valence-corrected chi connectivity index (χ0v) is 7.56. The Labute approximate surface area is 82.5 Å². The van der Waals surface area contributed by atoms with Crippen molar-refractivity contribution in [2.75, 3.05) is 0 Å². The molecule has 1 rings (SSSR count). The number of hydrogen-bond donors (Lipinski definition) is 2. The summed E-state index contributed by atoms with van der Waals surface area (Å²) in [6, 6.07) is 0. The van der Waals surface area contributed by atoms with Crippen LogP contribution in [0.5, 0.6) is 0 Å². The first kappa shape index (κ1) is 16.6. The van der Waals surface area contributed by atoms with E-state index in [1.165, 1.54) is 12.7 Å². The summed E-state index contributed by atoms with van der Waals surface area (Å²) in [6.45, 7) is 0. The maximum atomic E-state index is 7.00. The van der Waals surface area contributed by atoms with E-state index in [1.54, 1.807) is 6.20 Å². The molecule has 0 saturated carbocycles. The summed E-state index contributed by atoms with van der Waals surface area (Å²) in [4.78, 5) is 3.56. The van der Waals surface area contributed by atoms with E-state index in [4.69, 9.17) is 10.0 Å². The van der Waals surface area contributed by atoms with Crippen LogP contribution in [0.25, 0.3) is 0 Å². The second kappa shape index (κ2) is 16.1. The summed E-state index contributed by atoms with van der Waals surface area (Å²) in [5.74, 6) is 0. The van der Waals surface area contributed by atoms with Gasteiger partial charge in [-0.15, -0.1) is 0 Å². The summed E-state index contributed by atoms with van der Waals surface area (Å²) in [5.41, 5.74) is 0. The Morgan fingerprint density at radius 1 is 1.50 bits per heavy atom. The fourth-order valence-electron chi connectivity index (χ4n) is 0.176. The summed E-state index contributed by atoms with van der Waals surface area (Å²) >= 11 is 0. The van der Waals surface area contributed by atoms with Crippen LogP contribution in [0.1, 0.15) is 1.43 Å². The van der Waals surface area contributed by atoms with E-state index in [0.29, 0.717) is 0 Å². The maximum absolute atomic E-state index is 7.00. The molecule has 7 heteroatoms. The van der Waals surface area contributed by atoms with Gasteiger partial charge in [-0.05, 0) is 0 Å². The van der Waals surface area contributed by atoms with Gasteiger partial charge in [0.15, 0.2) is 6.39 Å². The Kier molecular flexibility index (Phi) is 26.7. The molecule has 0 aliphatic heterocycles. The summed E-state index contributed by atoms with van der Waals surface area (Å²) in [6.07, 6.45) is 4.47. The Morgan fingerprint density at radius 3 is 2.10 bits per heavy atom. The third kappa shape index (κ3) is 15.7.